The van der Waals surface area contributed by atoms with Crippen LogP contribution in [0.15, 0.2) is 41.6 Å². The van der Waals surface area contributed by atoms with Crippen molar-refractivity contribution in [1.82, 2.24) is 10.6 Å². The summed E-state index contributed by atoms with van der Waals surface area (Å²) in [4.78, 5) is 18.8. The summed E-state index contributed by atoms with van der Waals surface area (Å²) in [5.41, 5.74) is 7.71. The van der Waals surface area contributed by atoms with Crippen LogP contribution < -0.4 is 10.6 Å². The van der Waals surface area contributed by atoms with Gasteiger partial charge in [-0.05, 0) is 25.0 Å². The van der Waals surface area contributed by atoms with Gasteiger partial charge in [0.1, 0.15) is 0 Å². The van der Waals surface area contributed by atoms with Crippen molar-refractivity contribution in [1.29, 1.82) is 5.59 Å². The number of hydrogen-bond donors (Lipinski definition) is 3. The van der Waals surface area contributed by atoms with Crippen molar-refractivity contribution in [2.75, 3.05) is 0 Å². The zero-order valence-corrected chi connectivity index (χ0v) is 11.8. The third-order valence-corrected chi connectivity index (χ3v) is 2.73. The molecule has 114 valence electrons. The first-order chi connectivity index (χ1) is 9.18. The van der Waals surface area contributed by atoms with Gasteiger partial charge in [0.15, 0.2) is 0 Å². The number of allylic oxidation sites excluding steroid dienone is 1. The molecule has 0 spiro atoms. The molecular formula is C15H27N3O2. The van der Waals surface area contributed by atoms with E-state index in [1.165, 1.54) is 0 Å². The topological polar surface area (TPSA) is 82.1 Å². The van der Waals surface area contributed by atoms with Gasteiger partial charge >= 0.3 is 6.03 Å². The molecule has 5 heteroatoms. The summed E-state index contributed by atoms with van der Waals surface area (Å²) in [6.07, 6.45) is 0. The van der Waals surface area contributed by atoms with Gasteiger partial charge in [-0.3, -0.25) is 0 Å². The third kappa shape index (κ3) is 5.22. The van der Waals surface area contributed by atoms with Crippen molar-refractivity contribution in [3.63, 3.8) is 0 Å². The van der Waals surface area contributed by atoms with Crippen LogP contribution in [0.3, 0.4) is 0 Å². The van der Waals surface area contributed by atoms with Gasteiger partial charge in [-0.25, -0.2) is 4.79 Å². The van der Waals surface area contributed by atoms with Crippen LogP contribution in [0.4, 0.5) is 4.79 Å². The third-order valence-electron chi connectivity index (χ3n) is 2.73. The van der Waals surface area contributed by atoms with Gasteiger partial charge in [-0.1, -0.05) is 57.2 Å². The highest BCUT2D eigenvalue weighted by molar-refractivity contribution is 5.78. The number of urea groups is 1. The maximum atomic E-state index is 11.3. The Morgan fingerprint density at radius 2 is 1.60 bits per heavy atom. The molecule has 0 fully saturated rings. The van der Waals surface area contributed by atoms with Crippen molar-refractivity contribution in [2.24, 2.45) is 0 Å². The summed E-state index contributed by atoms with van der Waals surface area (Å²) in [6.45, 7) is 7.95. The molecular weight excluding hydrogens is 254 g/mol. The van der Waals surface area contributed by atoms with Gasteiger partial charge in [0, 0.05) is 7.12 Å². The molecule has 1 heterocycles. The summed E-state index contributed by atoms with van der Waals surface area (Å²) in [5.74, 6) is 0. The molecule has 20 heavy (non-hydrogen) atoms. The summed E-state index contributed by atoms with van der Waals surface area (Å²) >= 11 is 0. The van der Waals surface area contributed by atoms with E-state index in [1.54, 1.807) is 0 Å². The minimum Gasteiger partial charge on any atom is -0.327 e. The van der Waals surface area contributed by atoms with Crippen LogP contribution in [-0.4, -0.2) is 6.03 Å². The normalized spacial score (nSPS) is 16.2. The Kier molecular flexibility index (Phi) is 10.8. The fraction of sp³-hybridized carbons (Fsp3) is 0.400. The molecule has 1 unspecified atom stereocenters. The number of rotatable bonds is 1. The Bertz CT molecular complexity index is 436. The predicted octanol–water partition coefficient (Wildman–Crippen LogP) is 4.57. The lowest BCUT2D eigenvalue weighted by molar-refractivity contribution is 0.238. The van der Waals surface area contributed by atoms with E-state index in [0.29, 0.717) is 0 Å². The second-order valence-electron chi connectivity index (χ2n) is 3.75. The van der Waals surface area contributed by atoms with Crippen LogP contribution in [0.2, 0.25) is 0 Å². The monoisotopic (exact) mass is 283 g/mol. The number of nitrogens with one attached hydrogen (secondary N) is 3. The average molecular weight is 283 g/mol. The molecule has 2 rings (SSSR count). The lowest BCUT2D eigenvalue weighted by Crippen LogP contribution is -2.42. The van der Waals surface area contributed by atoms with Gasteiger partial charge in [-0.15, -0.1) is 0 Å². The van der Waals surface area contributed by atoms with Gasteiger partial charge in [0.25, 0.3) is 0 Å². The van der Waals surface area contributed by atoms with Crippen molar-refractivity contribution in [2.45, 2.75) is 41.2 Å². The summed E-state index contributed by atoms with van der Waals surface area (Å²) < 4.78 is 0. The summed E-state index contributed by atoms with van der Waals surface area (Å²) in [7, 11) is 0. The Labute approximate surface area is 122 Å². The van der Waals surface area contributed by atoms with Gasteiger partial charge in [0.05, 0.1) is 6.04 Å². The maximum Gasteiger partial charge on any atom is 0.319 e. The summed E-state index contributed by atoms with van der Waals surface area (Å²) in [5, 5.41) is 5.66. The lowest BCUT2D eigenvalue weighted by atomic mass is 9.97. The predicted molar refractivity (Wildman–Crippen MR) is 85.5 cm³/mol. The van der Waals surface area contributed by atoms with Crippen LogP contribution in [-0.2, 0) is 0 Å². The minimum absolute atomic E-state index is 0. The van der Waals surface area contributed by atoms with E-state index in [4.69, 9.17) is 4.91 Å². The molecule has 5 nitrogen and oxygen atoms in total. The fourth-order valence-corrected chi connectivity index (χ4v) is 1.74. The Hall–Kier alpha value is -2.17. The number of nitroso groups, excluding NO2 is 1. The number of hydrogen-bond acceptors (Lipinski definition) is 3. The SMILES string of the molecule is C.CC.CC1=C(C)C(c2ccccc2)NC(=O)N1.N=O.[3HH]. The minimum atomic E-state index is -0.132. The molecule has 1 aliphatic rings. The molecule has 0 saturated heterocycles. The van der Waals surface area contributed by atoms with Gasteiger partial charge in [0.2, 0.25) is 0 Å². The molecule has 3 N–H and O–H groups in total. The van der Waals surface area contributed by atoms with E-state index in [9.17, 15) is 4.79 Å². The molecule has 1 atom stereocenters. The Morgan fingerprint density at radius 1 is 1.10 bits per heavy atom. The lowest BCUT2D eigenvalue weighted by Gasteiger charge is -2.27. The molecule has 1 aromatic carbocycles. The molecule has 0 bridgehead atoms. The maximum absolute atomic E-state index is 11.3. The smallest absolute Gasteiger partial charge is 0.319 e. The highest BCUT2D eigenvalue weighted by atomic mass is 16.2. The first-order valence-corrected chi connectivity index (χ1v) is 6.18. The van der Waals surface area contributed by atoms with Crippen LogP contribution in [0.5, 0.6) is 0 Å². The molecule has 2 amide bonds. The number of carbonyl (C=O) groups is 1. The largest absolute Gasteiger partial charge is 0.327 e. The molecule has 0 radical (unpaired) electrons. The second kappa shape index (κ2) is 10.7. The zero-order chi connectivity index (χ0) is 14.8. The fourth-order valence-electron chi connectivity index (χ4n) is 1.74. The molecule has 1 aliphatic heterocycles. The van der Waals surface area contributed by atoms with Crippen molar-refractivity contribution in [3.05, 3.63) is 52.1 Å². The van der Waals surface area contributed by atoms with Crippen LogP contribution in [0, 0.1) is 10.5 Å². The number of amides is 2. The molecule has 0 aromatic heterocycles. The summed E-state index contributed by atoms with van der Waals surface area (Å²) in [6, 6.07) is 9.84. The van der Waals surface area contributed by atoms with Crippen molar-refractivity contribution in [3.8, 4) is 0 Å². The Balaban J connectivity index is -0.000000499. The van der Waals surface area contributed by atoms with Crippen LogP contribution in [0.25, 0.3) is 0 Å². The van der Waals surface area contributed by atoms with Crippen LogP contribution in [0.1, 0.15) is 48.2 Å². The Morgan fingerprint density at radius 3 is 2.10 bits per heavy atom. The molecule has 0 saturated carbocycles. The number of carbonyl (C=O) groups excluding carboxylic acids is 1. The van der Waals surface area contributed by atoms with Gasteiger partial charge < -0.3 is 10.6 Å². The number of benzene rings is 1. The van der Waals surface area contributed by atoms with E-state index in [2.05, 4.69) is 16.2 Å². The highest BCUT2D eigenvalue weighted by Crippen LogP contribution is 2.25. The second-order valence-corrected chi connectivity index (χ2v) is 3.75. The first-order valence-electron chi connectivity index (χ1n) is 6.18. The molecule has 0 aliphatic carbocycles. The van der Waals surface area contributed by atoms with E-state index in [1.807, 2.05) is 58.0 Å². The van der Waals surface area contributed by atoms with Crippen LogP contribution >= 0.6 is 0 Å². The van der Waals surface area contributed by atoms with E-state index in [-0.39, 0.29) is 20.9 Å². The van der Waals surface area contributed by atoms with E-state index >= 15 is 0 Å². The van der Waals surface area contributed by atoms with Gasteiger partial charge in [-0.2, -0.15) is 4.91 Å². The highest BCUT2D eigenvalue weighted by Gasteiger charge is 2.22. The first kappa shape index (κ1) is 20.2. The standard InChI is InChI=1S/C12H14N2O.C2H6.CH4.HNO.H2/c1-8-9(2)13-12(15)14-11(8)10-6-4-3-5-7-10;1-2;;1-2;/h3-7,11H,1-2H3,(H2,13,14,15);1-2H3;1H4;1H;1H/i;;;;1+2. The average Bonchev–Trinajstić information content (AvgIpc) is 2.48. The quantitative estimate of drug-likeness (QED) is 0.659. The molecule has 1 aromatic rings. The van der Waals surface area contributed by atoms with Crippen molar-refractivity contribution >= 4 is 6.03 Å². The zero-order valence-electron chi connectivity index (χ0n) is 11.8. The van der Waals surface area contributed by atoms with E-state index < -0.39 is 0 Å². The van der Waals surface area contributed by atoms with E-state index in [0.717, 1.165) is 16.8 Å². The van der Waals surface area contributed by atoms with Crippen molar-refractivity contribution < 1.29 is 6.22 Å².